The van der Waals surface area contributed by atoms with Crippen LogP contribution < -0.4 is 5.73 Å². The molecule has 0 amide bonds. The summed E-state index contributed by atoms with van der Waals surface area (Å²) in [4.78, 5) is 0. The maximum atomic E-state index is 5.95. The predicted molar refractivity (Wildman–Crippen MR) is 61.1 cm³/mol. The highest BCUT2D eigenvalue weighted by atomic mass is 79.9. The van der Waals surface area contributed by atoms with Crippen molar-refractivity contribution >= 4 is 27.5 Å². The SMILES string of the molecule is CC(N)CCc1ccc(Br)c(Cl)c1. The maximum absolute atomic E-state index is 5.95. The Balaban J connectivity index is 2.63. The van der Waals surface area contributed by atoms with Crippen LogP contribution in [-0.4, -0.2) is 6.04 Å². The molecule has 1 unspecified atom stereocenters. The van der Waals surface area contributed by atoms with Gasteiger partial charge in [-0.1, -0.05) is 17.7 Å². The molecule has 0 saturated carbocycles. The lowest BCUT2D eigenvalue weighted by atomic mass is 10.1. The monoisotopic (exact) mass is 261 g/mol. The summed E-state index contributed by atoms with van der Waals surface area (Å²) in [6, 6.07) is 6.27. The fourth-order valence-corrected chi connectivity index (χ4v) is 1.54. The molecule has 2 N–H and O–H groups in total. The molecular weight excluding hydrogens is 249 g/mol. The third-order valence-electron chi connectivity index (χ3n) is 1.87. The summed E-state index contributed by atoms with van der Waals surface area (Å²) < 4.78 is 0.943. The molecule has 13 heavy (non-hydrogen) atoms. The molecule has 1 rings (SSSR count). The number of benzene rings is 1. The van der Waals surface area contributed by atoms with Crippen molar-refractivity contribution in [1.82, 2.24) is 0 Å². The number of aryl methyl sites for hydroxylation is 1. The molecule has 0 aromatic heterocycles. The minimum absolute atomic E-state index is 0.252. The second-order valence-electron chi connectivity index (χ2n) is 3.26. The molecule has 0 bridgehead atoms. The van der Waals surface area contributed by atoms with Gasteiger partial charge in [0.05, 0.1) is 5.02 Å². The molecule has 1 atom stereocenters. The van der Waals surface area contributed by atoms with Crippen LogP contribution in [0.15, 0.2) is 22.7 Å². The summed E-state index contributed by atoms with van der Waals surface area (Å²) in [5.41, 5.74) is 6.91. The van der Waals surface area contributed by atoms with Crippen LogP contribution >= 0.6 is 27.5 Å². The molecule has 0 heterocycles. The Labute approximate surface area is 92.4 Å². The number of hydrogen-bond acceptors (Lipinski definition) is 1. The molecule has 0 fully saturated rings. The second-order valence-corrected chi connectivity index (χ2v) is 4.53. The first kappa shape index (κ1) is 11.0. The average molecular weight is 263 g/mol. The van der Waals surface area contributed by atoms with Crippen LogP contribution in [0.1, 0.15) is 18.9 Å². The lowest BCUT2D eigenvalue weighted by molar-refractivity contribution is 0.666. The molecule has 0 radical (unpaired) electrons. The average Bonchev–Trinajstić information content (AvgIpc) is 2.07. The van der Waals surface area contributed by atoms with E-state index in [9.17, 15) is 0 Å². The minimum atomic E-state index is 0.252. The summed E-state index contributed by atoms with van der Waals surface area (Å²) in [5.74, 6) is 0. The van der Waals surface area contributed by atoms with Gasteiger partial charge in [0.1, 0.15) is 0 Å². The van der Waals surface area contributed by atoms with Gasteiger partial charge in [-0.05, 0) is 53.4 Å². The third-order valence-corrected chi connectivity index (χ3v) is 3.10. The van der Waals surface area contributed by atoms with Crippen LogP contribution in [0.3, 0.4) is 0 Å². The lowest BCUT2D eigenvalue weighted by Gasteiger charge is -2.05. The van der Waals surface area contributed by atoms with E-state index in [0.29, 0.717) is 0 Å². The van der Waals surface area contributed by atoms with Gasteiger partial charge in [-0.25, -0.2) is 0 Å². The van der Waals surface area contributed by atoms with Gasteiger partial charge >= 0.3 is 0 Å². The van der Waals surface area contributed by atoms with Crippen LogP contribution in [0.25, 0.3) is 0 Å². The van der Waals surface area contributed by atoms with Crippen molar-refractivity contribution < 1.29 is 0 Å². The largest absolute Gasteiger partial charge is 0.328 e. The van der Waals surface area contributed by atoms with Gasteiger partial charge in [-0.15, -0.1) is 0 Å². The summed E-state index contributed by atoms with van der Waals surface area (Å²) in [5, 5.41) is 0.766. The first-order chi connectivity index (χ1) is 6.09. The van der Waals surface area contributed by atoms with Crippen LogP contribution in [-0.2, 0) is 6.42 Å². The van der Waals surface area contributed by atoms with Crippen molar-refractivity contribution in [3.8, 4) is 0 Å². The van der Waals surface area contributed by atoms with Gasteiger partial charge in [0.2, 0.25) is 0 Å². The standard InChI is InChI=1S/C10H13BrClN/c1-7(13)2-3-8-4-5-9(11)10(12)6-8/h4-7H,2-3,13H2,1H3. The normalized spacial score (nSPS) is 12.9. The van der Waals surface area contributed by atoms with E-state index in [0.717, 1.165) is 22.3 Å². The van der Waals surface area contributed by atoms with E-state index >= 15 is 0 Å². The summed E-state index contributed by atoms with van der Waals surface area (Å²) in [7, 11) is 0. The second kappa shape index (κ2) is 4.99. The molecule has 1 nitrogen and oxygen atoms in total. The van der Waals surface area contributed by atoms with E-state index in [1.165, 1.54) is 5.56 Å². The molecule has 0 aliphatic heterocycles. The van der Waals surface area contributed by atoms with E-state index < -0.39 is 0 Å². The smallest absolute Gasteiger partial charge is 0.0550 e. The number of rotatable bonds is 3. The summed E-state index contributed by atoms with van der Waals surface area (Å²) in [6.45, 7) is 2.01. The number of nitrogens with two attached hydrogens (primary N) is 1. The van der Waals surface area contributed by atoms with Gasteiger partial charge in [-0.3, -0.25) is 0 Å². The van der Waals surface area contributed by atoms with Crippen molar-refractivity contribution in [1.29, 1.82) is 0 Å². The topological polar surface area (TPSA) is 26.0 Å². The van der Waals surface area contributed by atoms with Crippen molar-refractivity contribution in [2.45, 2.75) is 25.8 Å². The van der Waals surface area contributed by atoms with Crippen molar-refractivity contribution in [3.05, 3.63) is 33.3 Å². The summed E-state index contributed by atoms with van der Waals surface area (Å²) >= 11 is 9.30. The Kier molecular flexibility index (Phi) is 4.23. The van der Waals surface area contributed by atoms with Crippen molar-refractivity contribution in [3.63, 3.8) is 0 Å². The highest BCUT2D eigenvalue weighted by Crippen LogP contribution is 2.23. The van der Waals surface area contributed by atoms with Gasteiger partial charge in [0.25, 0.3) is 0 Å². The van der Waals surface area contributed by atoms with Crippen molar-refractivity contribution in [2.75, 3.05) is 0 Å². The van der Waals surface area contributed by atoms with Crippen LogP contribution in [0.5, 0.6) is 0 Å². The molecule has 1 aromatic rings. The molecule has 0 spiro atoms. The van der Waals surface area contributed by atoms with Gasteiger partial charge in [-0.2, -0.15) is 0 Å². The van der Waals surface area contributed by atoms with Crippen LogP contribution in [0.4, 0.5) is 0 Å². The molecule has 0 saturated heterocycles. The van der Waals surface area contributed by atoms with E-state index in [4.69, 9.17) is 17.3 Å². The van der Waals surface area contributed by atoms with E-state index in [1.54, 1.807) is 0 Å². The molecular formula is C10H13BrClN. The number of halogens is 2. The first-order valence-corrected chi connectivity index (χ1v) is 5.46. The minimum Gasteiger partial charge on any atom is -0.328 e. The Bertz CT molecular complexity index is 286. The molecule has 0 aliphatic rings. The van der Waals surface area contributed by atoms with Gasteiger partial charge < -0.3 is 5.73 Å². The Morgan fingerprint density at radius 1 is 1.54 bits per heavy atom. The zero-order valence-corrected chi connectivity index (χ0v) is 9.90. The lowest BCUT2D eigenvalue weighted by Crippen LogP contribution is -2.15. The molecule has 3 heteroatoms. The Morgan fingerprint density at radius 2 is 2.23 bits per heavy atom. The van der Waals surface area contributed by atoms with E-state index in [2.05, 4.69) is 22.0 Å². The number of hydrogen-bond donors (Lipinski definition) is 1. The van der Waals surface area contributed by atoms with Gasteiger partial charge in [0.15, 0.2) is 0 Å². The summed E-state index contributed by atoms with van der Waals surface area (Å²) in [6.07, 6.45) is 1.99. The quantitative estimate of drug-likeness (QED) is 0.888. The zero-order chi connectivity index (χ0) is 9.84. The highest BCUT2D eigenvalue weighted by molar-refractivity contribution is 9.10. The highest BCUT2D eigenvalue weighted by Gasteiger charge is 2.00. The first-order valence-electron chi connectivity index (χ1n) is 4.29. The van der Waals surface area contributed by atoms with Gasteiger partial charge in [0, 0.05) is 10.5 Å². The fourth-order valence-electron chi connectivity index (χ4n) is 1.09. The van der Waals surface area contributed by atoms with E-state index in [-0.39, 0.29) is 6.04 Å². The maximum Gasteiger partial charge on any atom is 0.0550 e. The van der Waals surface area contributed by atoms with Crippen LogP contribution in [0.2, 0.25) is 5.02 Å². The molecule has 0 aliphatic carbocycles. The van der Waals surface area contributed by atoms with E-state index in [1.807, 2.05) is 19.1 Å². The Morgan fingerprint density at radius 3 is 2.77 bits per heavy atom. The van der Waals surface area contributed by atoms with Crippen LogP contribution in [0, 0.1) is 0 Å². The van der Waals surface area contributed by atoms with Crippen molar-refractivity contribution in [2.24, 2.45) is 5.73 Å². The molecule has 1 aromatic carbocycles. The fraction of sp³-hybridized carbons (Fsp3) is 0.400. The predicted octanol–water partition coefficient (Wildman–Crippen LogP) is 3.38. The third kappa shape index (κ3) is 3.67. The Hall–Kier alpha value is -0.0500. The zero-order valence-electron chi connectivity index (χ0n) is 7.56. The molecule has 72 valence electrons.